The third-order valence-corrected chi connectivity index (χ3v) is 5.21. The average Bonchev–Trinajstić information content (AvgIpc) is 2.95. The summed E-state index contributed by atoms with van der Waals surface area (Å²) in [6, 6.07) is 25.3. The summed E-state index contributed by atoms with van der Waals surface area (Å²) >= 11 is 0. The van der Waals surface area contributed by atoms with Crippen LogP contribution < -0.4 is 9.47 Å². The van der Waals surface area contributed by atoms with Gasteiger partial charge < -0.3 is 9.47 Å². The van der Waals surface area contributed by atoms with Gasteiger partial charge >= 0.3 is 0 Å². The maximum atomic E-state index is 6.04. The molecule has 0 aliphatic heterocycles. The van der Waals surface area contributed by atoms with Crippen molar-refractivity contribution in [1.29, 1.82) is 0 Å². The van der Waals surface area contributed by atoms with Gasteiger partial charge in [-0.05, 0) is 65.8 Å². The lowest BCUT2D eigenvalue weighted by Crippen LogP contribution is -2.04. The summed E-state index contributed by atoms with van der Waals surface area (Å²) in [4.78, 5) is 0. The van der Waals surface area contributed by atoms with Gasteiger partial charge in [-0.25, -0.2) is 0 Å². The van der Waals surface area contributed by atoms with E-state index in [1.807, 2.05) is 30.3 Å². The molecule has 0 aromatic heterocycles. The molecule has 4 rings (SSSR count). The summed E-state index contributed by atoms with van der Waals surface area (Å²) in [5.41, 5.74) is 5.24. The van der Waals surface area contributed by atoms with Crippen molar-refractivity contribution in [2.75, 3.05) is 7.11 Å². The maximum Gasteiger partial charge on any atom is 0.120 e. The molecule has 1 aliphatic carbocycles. The summed E-state index contributed by atoms with van der Waals surface area (Å²) < 4.78 is 11.3. The fourth-order valence-corrected chi connectivity index (χ4v) is 3.75. The van der Waals surface area contributed by atoms with E-state index >= 15 is 0 Å². The van der Waals surface area contributed by atoms with E-state index in [1.165, 1.54) is 41.0 Å². The smallest absolute Gasteiger partial charge is 0.120 e. The number of fused-ring (bicyclic) bond motifs is 1. The molecular formula is C25H25O2. The van der Waals surface area contributed by atoms with Gasteiger partial charge in [-0.3, -0.25) is 0 Å². The van der Waals surface area contributed by atoms with E-state index in [0.717, 1.165) is 24.3 Å². The first kappa shape index (κ1) is 17.7. The van der Waals surface area contributed by atoms with Crippen LogP contribution in [0.3, 0.4) is 0 Å². The molecule has 3 aromatic carbocycles. The van der Waals surface area contributed by atoms with Crippen LogP contribution in [0, 0.1) is 5.92 Å². The van der Waals surface area contributed by atoms with Gasteiger partial charge in [-0.2, -0.15) is 0 Å². The van der Waals surface area contributed by atoms with Crippen LogP contribution in [-0.4, -0.2) is 7.11 Å². The molecule has 0 fully saturated rings. The van der Waals surface area contributed by atoms with E-state index in [4.69, 9.17) is 9.47 Å². The van der Waals surface area contributed by atoms with Crippen LogP contribution in [0.15, 0.2) is 72.8 Å². The zero-order chi connectivity index (χ0) is 18.5. The topological polar surface area (TPSA) is 18.5 Å². The normalized spacial score (nSPS) is 14.3. The third-order valence-electron chi connectivity index (χ3n) is 5.21. The van der Waals surface area contributed by atoms with E-state index in [9.17, 15) is 0 Å². The largest absolute Gasteiger partial charge is 0.497 e. The van der Waals surface area contributed by atoms with Crippen LogP contribution >= 0.6 is 0 Å². The van der Waals surface area contributed by atoms with E-state index in [-0.39, 0.29) is 0 Å². The van der Waals surface area contributed by atoms with Crippen molar-refractivity contribution in [3.05, 3.63) is 101 Å². The zero-order valence-corrected chi connectivity index (χ0v) is 15.8. The number of methoxy groups -OCH3 is 1. The molecule has 2 heteroatoms. The zero-order valence-electron chi connectivity index (χ0n) is 15.8. The van der Waals surface area contributed by atoms with Gasteiger partial charge in [0.15, 0.2) is 0 Å². The van der Waals surface area contributed by atoms with Crippen molar-refractivity contribution < 1.29 is 9.47 Å². The summed E-state index contributed by atoms with van der Waals surface area (Å²) in [6.07, 6.45) is 4.66. The van der Waals surface area contributed by atoms with E-state index in [1.54, 1.807) is 7.11 Å². The van der Waals surface area contributed by atoms with Crippen molar-refractivity contribution in [2.24, 2.45) is 0 Å². The van der Waals surface area contributed by atoms with Crippen LogP contribution in [0.25, 0.3) is 0 Å². The number of ether oxygens (including phenoxy) is 2. The molecule has 3 aromatic rings. The van der Waals surface area contributed by atoms with Gasteiger partial charge in [0.2, 0.25) is 0 Å². The molecule has 2 nitrogen and oxygen atoms in total. The molecule has 0 heterocycles. The van der Waals surface area contributed by atoms with Crippen molar-refractivity contribution in [1.82, 2.24) is 0 Å². The van der Waals surface area contributed by atoms with Gasteiger partial charge in [0, 0.05) is 5.92 Å². The SMILES string of the molecule is COc1ccc([C]2CCCCc3cc(OCc4ccccc4)ccc32)cc1. The van der Waals surface area contributed by atoms with Crippen LogP contribution in [0.5, 0.6) is 11.5 Å². The minimum Gasteiger partial charge on any atom is -0.497 e. The summed E-state index contributed by atoms with van der Waals surface area (Å²) in [5.74, 6) is 3.28. The minimum atomic E-state index is 0.606. The Morgan fingerprint density at radius 1 is 0.778 bits per heavy atom. The van der Waals surface area contributed by atoms with E-state index in [2.05, 4.69) is 42.5 Å². The van der Waals surface area contributed by atoms with Crippen molar-refractivity contribution >= 4 is 0 Å². The van der Waals surface area contributed by atoms with Gasteiger partial charge in [-0.1, -0.05) is 55.0 Å². The first-order valence-corrected chi connectivity index (χ1v) is 9.64. The van der Waals surface area contributed by atoms with Gasteiger partial charge in [0.05, 0.1) is 7.11 Å². The highest BCUT2D eigenvalue weighted by Gasteiger charge is 2.21. The fourth-order valence-electron chi connectivity index (χ4n) is 3.75. The molecule has 0 unspecified atom stereocenters. The molecule has 137 valence electrons. The number of hydrogen-bond donors (Lipinski definition) is 0. The van der Waals surface area contributed by atoms with Gasteiger partial charge in [0.1, 0.15) is 18.1 Å². The van der Waals surface area contributed by atoms with Crippen molar-refractivity contribution in [2.45, 2.75) is 32.3 Å². The summed E-state index contributed by atoms with van der Waals surface area (Å²) in [7, 11) is 1.71. The summed E-state index contributed by atoms with van der Waals surface area (Å²) in [5, 5.41) is 0. The Labute approximate surface area is 161 Å². The van der Waals surface area contributed by atoms with E-state index < -0.39 is 0 Å². The van der Waals surface area contributed by atoms with E-state index in [0.29, 0.717) is 6.61 Å². The van der Waals surface area contributed by atoms with Crippen LogP contribution in [0.1, 0.15) is 41.5 Å². The molecule has 0 bridgehead atoms. The number of aryl methyl sites for hydroxylation is 1. The van der Waals surface area contributed by atoms with Gasteiger partial charge in [-0.15, -0.1) is 0 Å². The fraction of sp³-hybridized carbons (Fsp3) is 0.240. The predicted octanol–water partition coefficient (Wildman–Crippen LogP) is 5.97. The first-order chi connectivity index (χ1) is 13.3. The highest BCUT2D eigenvalue weighted by molar-refractivity contribution is 5.53. The third kappa shape index (κ3) is 4.16. The monoisotopic (exact) mass is 357 g/mol. The summed E-state index contributed by atoms with van der Waals surface area (Å²) in [6.45, 7) is 0.606. The molecule has 27 heavy (non-hydrogen) atoms. The average molecular weight is 357 g/mol. The Morgan fingerprint density at radius 2 is 1.52 bits per heavy atom. The second-order valence-corrected chi connectivity index (χ2v) is 7.01. The molecule has 0 spiro atoms. The number of benzene rings is 3. The van der Waals surface area contributed by atoms with Crippen LogP contribution in [0.4, 0.5) is 0 Å². The second-order valence-electron chi connectivity index (χ2n) is 7.01. The second kappa shape index (κ2) is 8.30. The maximum absolute atomic E-state index is 6.04. The lowest BCUT2D eigenvalue weighted by Gasteiger charge is -2.19. The molecule has 0 atom stereocenters. The quantitative estimate of drug-likeness (QED) is 0.524. The Balaban J connectivity index is 1.56. The molecule has 1 radical (unpaired) electrons. The van der Waals surface area contributed by atoms with Crippen molar-refractivity contribution in [3.8, 4) is 11.5 Å². The van der Waals surface area contributed by atoms with Crippen LogP contribution in [0.2, 0.25) is 0 Å². The molecular weight excluding hydrogens is 332 g/mol. The molecule has 0 saturated carbocycles. The highest BCUT2D eigenvalue weighted by Crippen LogP contribution is 2.37. The Hall–Kier alpha value is -2.74. The van der Waals surface area contributed by atoms with Crippen molar-refractivity contribution in [3.63, 3.8) is 0 Å². The molecule has 1 aliphatic rings. The Kier molecular flexibility index (Phi) is 5.43. The Bertz CT molecular complexity index is 869. The Morgan fingerprint density at radius 3 is 2.30 bits per heavy atom. The number of rotatable bonds is 5. The lowest BCUT2D eigenvalue weighted by molar-refractivity contribution is 0.306. The standard InChI is InChI=1S/C25H25O2/c1-26-22-13-11-20(12-14-22)24-10-6-5-9-21-17-23(15-16-25(21)24)27-18-19-7-3-2-4-8-19/h2-4,7-8,11-17H,5-6,9-10,18H2,1H3. The van der Waals surface area contributed by atoms with Gasteiger partial charge in [0.25, 0.3) is 0 Å². The molecule has 0 saturated heterocycles. The molecule has 0 amide bonds. The molecule has 0 N–H and O–H groups in total. The highest BCUT2D eigenvalue weighted by atomic mass is 16.5. The minimum absolute atomic E-state index is 0.606. The number of hydrogen-bond acceptors (Lipinski definition) is 2. The lowest BCUT2D eigenvalue weighted by atomic mass is 9.86. The van der Waals surface area contributed by atoms with Crippen LogP contribution in [-0.2, 0) is 13.0 Å². The first-order valence-electron chi connectivity index (χ1n) is 9.64. The predicted molar refractivity (Wildman–Crippen MR) is 109 cm³/mol.